The van der Waals surface area contributed by atoms with Gasteiger partial charge in [-0.2, -0.15) is 0 Å². The van der Waals surface area contributed by atoms with Crippen LogP contribution in [0.1, 0.15) is 37.5 Å². The summed E-state index contributed by atoms with van der Waals surface area (Å²) < 4.78 is 12.4. The average molecular weight is 538 g/mol. The molecule has 4 nitrogen and oxygen atoms in total. The highest BCUT2D eigenvalue weighted by molar-refractivity contribution is 8.26. The second-order valence-corrected chi connectivity index (χ2v) is 11.5. The minimum absolute atomic E-state index is 0.0996. The molecule has 3 aromatic carbocycles. The first-order valence-corrected chi connectivity index (χ1v) is 13.3. The van der Waals surface area contributed by atoms with Crippen molar-refractivity contribution in [1.82, 2.24) is 4.90 Å². The first kappa shape index (κ1) is 26.3. The van der Waals surface area contributed by atoms with Gasteiger partial charge in [0.15, 0.2) is 0 Å². The minimum atomic E-state index is -0.123. The van der Waals surface area contributed by atoms with Gasteiger partial charge in [-0.15, -0.1) is 0 Å². The van der Waals surface area contributed by atoms with Crippen LogP contribution in [0.4, 0.5) is 0 Å². The van der Waals surface area contributed by atoms with Gasteiger partial charge in [-0.25, -0.2) is 0 Å². The second kappa shape index (κ2) is 11.5. The van der Waals surface area contributed by atoms with Crippen molar-refractivity contribution < 1.29 is 14.3 Å². The number of nitrogens with zero attached hydrogens (tertiary/aromatic N) is 1. The van der Waals surface area contributed by atoms with E-state index in [4.69, 9.17) is 33.3 Å². The van der Waals surface area contributed by atoms with E-state index in [9.17, 15) is 4.79 Å². The van der Waals surface area contributed by atoms with Crippen LogP contribution in [0.2, 0.25) is 5.02 Å². The second-order valence-electron chi connectivity index (χ2n) is 9.41. The highest BCUT2D eigenvalue weighted by Gasteiger charge is 2.32. The van der Waals surface area contributed by atoms with Crippen LogP contribution in [0.25, 0.3) is 6.08 Å². The topological polar surface area (TPSA) is 38.8 Å². The molecule has 0 radical (unpaired) electrons. The third-order valence-electron chi connectivity index (χ3n) is 5.65. The number of hydrogen-bond donors (Lipinski definition) is 0. The van der Waals surface area contributed by atoms with E-state index in [1.54, 1.807) is 29.2 Å². The fraction of sp³-hybridized carbons (Fsp3) is 0.241. The lowest BCUT2D eigenvalue weighted by Crippen LogP contribution is -2.27. The van der Waals surface area contributed by atoms with Crippen molar-refractivity contribution >= 4 is 51.9 Å². The minimum Gasteiger partial charge on any atom is -0.490 e. The molecule has 1 aliphatic heterocycles. The van der Waals surface area contributed by atoms with Crippen LogP contribution in [0.15, 0.2) is 77.7 Å². The van der Waals surface area contributed by atoms with Crippen LogP contribution in [-0.4, -0.2) is 28.3 Å². The van der Waals surface area contributed by atoms with Crippen molar-refractivity contribution in [3.63, 3.8) is 0 Å². The van der Waals surface area contributed by atoms with Crippen LogP contribution < -0.4 is 9.47 Å². The number of hydrogen-bond acceptors (Lipinski definition) is 5. The summed E-state index contributed by atoms with van der Waals surface area (Å²) in [6.07, 6.45) is 1.79. The van der Waals surface area contributed by atoms with Gasteiger partial charge in [0.1, 0.15) is 29.0 Å². The highest BCUT2D eigenvalue weighted by atomic mass is 35.5. The third-order valence-corrected chi connectivity index (χ3v) is 7.26. The number of rotatable bonds is 8. The van der Waals surface area contributed by atoms with Crippen molar-refractivity contribution in [2.45, 2.75) is 32.7 Å². The van der Waals surface area contributed by atoms with Crippen molar-refractivity contribution in [3.05, 3.63) is 99.4 Å². The summed E-state index contributed by atoms with van der Waals surface area (Å²) in [6, 6.07) is 23.3. The van der Waals surface area contributed by atoms with Crippen molar-refractivity contribution in [2.75, 3.05) is 13.2 Å². The fourth-order valence-electron chi connectivity index (χ4n) is 3.67. The van der Waals surface area contributed by atoms with E-state index < -0.39 is 0 Å². The molecule has 0 aromatic heterocycles. The molecular formula is C29H28ClNO3S2. The standard InChI is InChI=1S/C29H28ClNO3S2/c1-29(2,3)22-9-12-24(13-10-22)33-15-16-34-25-14-11-23(30)17-21(25)18-26-27(32)31(28(35)36-26)19-20-7-5-4-6-8-20/h4-14,17-18H,15-16,19H2,1-3H3. The predicted octanol–water partition coefficient (Wildman–Crippen LogP) is 7.50. The van der Waals surface area contributed by atoms with Gasteiger partial charge < -0.3 is 9.47 Å². The Morgan fingerprint density at radius 1 is 0.972 bits per heavy atom. The Morgan fingerprint density at radius 2 is 1.67 bits per heavy atom. The quantitative estimate of drug-likeness (QED) is 0.169. The molecule has 0 saturated carbocycles. The summed E-state index contributed by atoms with van der Waals surface area (Å²) in [5.41, 5.74) is 3.10. The van der Waals surface area contributed by atoms with Gasteiger partial charge in [0.05, 0.1) is 11.4 Å². The Bertz CT molecular complexity index is 1270. The molecule has 4 rings (SSSR count). The largest absolute Gasteiger partial charge is 0.490 e. The number of halogens is 1. The third kappa shape index (κ3) is 6.69. The first-order valence-electron chi connectivity index (χ1n) is 11.7. The van der Waals surface area contributed by atoms with Gasteiger partial charge in [0.25, 0.3) is 5.91 Å². The molecule has 1 amide bonds. The molecule has 1 heterocycles. The SMILES string of the molecule is CC(C)(C)c1ccc(OCCOc2ccc(Cl)cc2C=C2SC(=S)N(Cc3ccccc3)C2=O)cc1. The molecule has 0 aliphatic carbocycles. The monoisotopic (exact) mass is 537 g/mol. The van der Waals surface area contributed by atoms with E-state index in [1.165, 1.54) is 17.3 Å². The summed E-state index contributed by atoms with van der Waals surface area (Å²) in [4.78, 5) is 15.2. The van der Waals surface area contributed by atoms with Crippen LogP contribution >= 0.6 is 35.6 Å². The molecule has 0 atom stereocenters. The number of amides is 1. The molecule has 3 aromatic rings. The summed E-state index contributed by atoms with van der Waals surface area (Å²) in [7, 11) is 0. The Hall–Kier alpha value is -2.80. The van der Waals surface area contributed by atoms with Crippen molar-refractivity contribution in [3.8, 4) is 11.5 Å². The zero-order valence-corrected chi connectivity index (χ0v) is 22.9. The Labute approximate surface area is 227 Å². The molecule has 36 heavy (non-hydrogen) atoms. The molecule has 0 spiro atoms. The van der Waals surface area contributed by atoms with E-state index in [0.29, 0.717) is 39.8 Å². The maximum atomic E-state index is 13.1. The van der Waals surface area contributed by atoms with Gasteiger partial charge >= 0.3 is 0 Å². The molecule has 0 bridgehead atoms. The molecule has 1 fully saturated rings. The fourth-order valence-corrected chi connectivity index (χ4v) is 5.10. The molecule has 7 heteroatoms. The Morgan fingerprint density at radius 3 is 2.36 bits per heavy atom. The zero-order chi connectivity index (χ0) is 25.7. The number of thioether (sulfide) groups is 1. The zero-order valence-electron chi connectivity index (χ0n) is 20.5. The lowest BCUT2D eigenvalue weighted by Gasteiger charge is -2.19. The van der Waals surface area contributed by atoms with Crippen LogP contribution in [-0.2, 0) is 16.8 Å². The average Bonchev–Trinajstić information content (AvgIpc) is 3.10. The van der Waals surface area contributed by atoms with E-state index in [0.717, 1.165) is 16.9 Å². The van der Waals surface area contributed by atoms with Gasteiger partial charge in [0, 0.05) is 10.6 Å². The summed E-state index contributed by atoms with van der Waals surface area (Å²) in [6.45, 7) is 7.72. The number of ether oxygens (including phenoxy) is 2. The lowest BCUT2D eigenvalue weighted by atomic mass is 9.87. The van der Waals surface area contributed by atoms with E-state index in [1.807, 2.05) is 42.5 Å². The molecule has 186 valence electrons. The molecule has 1 saturated heterocycles. The normalized spacial score (nSPS) is 15.0. The predicted molar refractivity (Wildman–Crippen MR) is 153 cm³/mol. The van der Waals surface area contributed by atoms with Crippen molar-refractivity contribution in [2.24, 2.45) is 0 Å². The van der Waals surface area contributed by atoms with Gasteiger partial charge in [-0.1, -0.05) is 98.8 Å². The maximum Gasteiger partial charge on any atom is 0.266 e. The number of carbonyl (C=O) groups excluding carboxylic acids is 1. The summed E-state index contributed by atoms with van der Waals surface area (Å²) >= 11 is 13.0. The van der Waals surface area contributed by atoms with Crippen molar-refractivity contribution in [1.29, 1.82) is 0 Å². The van der Waals surface area contributed by atoms with E-state index in [-0.39, 0.29) is 11.3 Å². The number of carbonyl (C=O) groups is 1. The molecule has 0 unspecified atom stereocenters. The lowest BCUT2D eigenvalue weighted by molar-refractivity contribution is -0.122. The highest BCUT2D eigenvalue weighted by Crippen LogP contribution is 2.36. The van der Waals surface area contributed by atoms with Crippen LogP contribution in [0.5, 0.6) is 11.5 Å². The Kier molecular flexibility index (Phi) is 8.39. The first-order chi connectivity index (χ1) is 17.2. The van der Waals surface area contributed by atoms with E-state index in [2.05, 4.69) is 32.9 Å². The number of thiocarbonyl (C=S) groups is 1. The number of benzene rings is 3. The molecular weight excluding hydrogens is 510 g/mol. The summed E-state index contributed by atoms with van der Waals surface area (Å²) in [5, 5.41) is 0.559. The summed E-state index contributed by atoms with van der Waals surface area (Å²) in [5.74, 6) is 1.30. The van der Waals surface area contributed by atoms with Gasteiger partial charge in [0.2, 0.25) is 0 Å². The molecule has 0 N–H and O–H groups in total. The van der Waals surface area contributed by atoms with Crippen LogP contribution in [0, 0.1) is 0 Å². The maximum absolute atomic E-state index is 13.1. The Balaban J connectivity index is 1.40. The van der Waals surface area contributed by atoms with Gasteiger partial charge in [-0.3, -0.25) is 9.69 Å². The van der Waals surface area contributed by atoms with E-state index >= 15 is 0 Å². The smallest absolute Gasteiger partial charge is 0.266 e. The molecule has 1 aliphatic rings. The van der Waals surface area contributed by atoms with Gasteiger partial charge in [-0.05, 0) is 52.9 Å². The van der Waals surface area contributed by atoms with Crippen LogP contribution in [0.3, 0.4) is 0 Å².